The molecule has 1 aliphatic heterocycles. The molecule has 0 aromatic carbocycles. The lowest BCUT2D eigenvalue weighted by Crippen LogP contribution is -2.52. The van der Waals surface area contributed by atoms with E-state index in [1.807, 2.05) is 9.80 Å². The number of nitrogens with zero attached hydrogens (tertiary/aromatic N) is 4. The van der Waals surface area contributed by atoms with Gasteiger partial charge >= 0.3 is 11.9 Å². The fourth-order valence-corrected chi connectivity index (χ4v) is 3.25. The standard InChI is InChI=1S/C18H36N4O4/c1-5-19-7-8-20(6-2)10-12-22(16(4)18(25)26)14-13-21(11-9-19)15(3)17(23)24/h15-16H,5-14H2,1-4H3,(H,23,24)(H,25,26). The molecule has 8 heteroatoms. The van der Waals surface area contributed by atoms with E-state index in [0.29, 0.717) is 26.2 Å². The van der Waals surface area contributed by atoms with Crippen molar-refractivity contribution in [3.05, 3.63) is 0 Å². The summed E-state index contributed by atoms with van der Waals surface area (Å²) in [6.45, 7) is 15.5. The van der Waals surface area contributed by atoms with E-state index in [0.717, 1.165) is 39.3 Å². The van der Waals surface area contributed by atoms with E-state index in [-0.39, 0.29) is 0 Å². The first-order valence-corrected chi connectivity index (χ1v) is 9.68. The quantitative estimate of drug-likeness (QED) is 0.683. The van der Waals surface area contributed by atoms with Crippen LogP contribution in [0.4, 0.5) is 0 Å². The summed E-state index contributed by atoms with van der Waals surface area (Å²) in [6.07, 6.45) is 0. The van der Waals surface area contributed by atoms with Crippen LogP contribution in [0.2, 0.25) is 0 Å². The number of likely N-dealkylation sites (N-methyl/N-ethyl adjacent to an activating group) is 2. The van der Waals surface area contributed by atoms with Gasteiger partial charge in [-0.05, 0) is 26.9 Å². The molecule has 0 amide bonds. The molecule has 1 fully saturated rings. The van der Waals surface area contributed by atoms with Crippen LogP contribution < -0.4 is 0 Å². The van der Waals surface area contributed by atoms with Gasteiger partial charge in [-0.3, -0.25) is 19.4 Å². The second-order valence-corrected chi connectivity index (χ2v) is 6.97. The number of carbonyl (C=O) groups is 2. The number of hydrogen-bond donors (Lipinski definition) is 2. The molecule has 2 unspecified atom stereocenters. The highest BCUT2D eigenvalue weighted by molar-refractivity contribution is 5.73. The minimum Gasteiger partial charge on any atom is -0.480 e. The predicted octanol–water partition coefficient (Wildman–Crippen LogP) is 0.194. The average molecular weight is 373 g/mol. The normalized spacial score (nSPS) is 22.9. The van der Waals surface area contributed by atoms with Crippen LogP contribution in [0, 0.1) is 0 Å². The van der Waals surface area contributed by atoms with E-state index >= 15 is 0 Å². The van der Waals surface area contributed by atoms with Crippen LogP contribution in [0.5, 0.6) is 0 Å². The van der Waals surface area contributed by atoms with Crippen molar-refractivity contribution < 1.29 is 19.8 Å². The van der Waals surface area contributed by atoms with Gasteiger partial charge in [0.25, 0.3) is 0 Å². The molecule has 2 N–H and O–H groups in total. The lowest BCUT2D eigenvalue weighted by Gasteiger charge is -2.36. The molecule has 1 heterocycles. The van der Waals surface area contributed by atoms with E-state index < -0.39 is 24.0 Å². The third-order valence-electron chi connectivity index (χ3n) is 5.52. The van der Waals surface area contributed by atoms with E-state index in [1.165, 1.54) is 0 Å². The van der Waals surface area contributed by atoms with Gasteiger partial charge in [-0.25, -0.2) is 0 Å². The highest BCUT2D eigenvalue weighted by Crippen LogP contribution is 2.07. The first-order chi connectivity index (χ1) is 12.3. The van der Waals surface area contributed by atoms with Gasteiger partial charge in [-0.2, -0.15) is 0 Å². The Bertz CT molecular complexity index is 409. The molecule has 0 aliphatic carbocycles. The molecule has 0 radical (unpaired) electrons. The Balaban J connectivity index is 2.92. The average Bonchev–Trinajstić information content (AvgIpc) is 2.61. The fourth-order valence-electron chi connectivity index (χ4n) is 3.25. The second-order valence-electron chi connectivity index (χ2n) is 6.97. The molecule has 2 atom stereocenters. The molecular weight excluding hydrogens is 336 g/mol. The summed E-state index contributed by atoms with van der Waals surface area (Å²) in [4.78, 5) is 31.5. The van der Waals surface area contributed by atoms with Gasteiger partial charge in [0, 0.05) is 52.4 Å². The minimum absolute atomic E-state index is 0.550. The molecule has 0 saturated carbocycles. The van der Waals surface area contributed by atoms with Crippen molar-refractivity contribution in [2.45, 2.75) is 39.8 Å². The van der Waals surface area contributed by atoms with Crippen LogP contribution in [0.1, 0.15) is 27.7 Å². The Labute approximate surface area is 157 Å². The van der Waals surface area contributed by atoms with E-state index in [4.69, 9.17) is 0 Å². The van der Waals surface area contributed by atoms with Crippen LogP contribution in [-0.4, -0.2) is 119 Å². The molecule has 1 aliphatic rings. The summed E-state index contributed by atoms with van der Waals surface area (Å²) >= 11 is 0. The molecule has 0 spiro atoms. The Morgan fingerprint density at radius 1 is 0.692 bits per heavy atom. The van der Waals surface area contributed by atoms with Crippen molar-refractivity contribution in [1.82, 2.24) is 19.6 Å². The first kappa shape index (κ1) is 22.8. The van der Waals surface area contributed by atoms with Crippen LogP contribution in [0.15, 0.2) is 0 Å². The zero-order valence-electron chi connectivity index (χ0n) is 16.7. The summed E-state index contributed by atoms with van der Waals surface area (Å²) in [5.74, 6) is -1.68. The number of rotatable bonds is 6. The van der Waals surface area contributed by atoms with Crippen molar-refractivity contribution in [2.24, 2.45) is 0 Å². The largest absolute Gasteiger partial charge is 0.480 e. The van der Waals surface area contributed by atoms with Crippen molar-refractivity contribution >= 4 is 11.9 Å². The van der Waals surface area contributed by atoms with Crippen molar-refractivity contribution in [3.8, 4) is 0 Å². The fraction of sp³-hybridized carbons (Fsp3) is 0.889. The highest BCUT2D eigenvalue weighted by atomic mass is 16.4. The van der Waals surface area contributed by atoms with Gasteiger partial charge in [0.05, 0.1) is 0 Å². The Kier molecular flexibility index (Phi) is 10.1. The van der Waals surface area contributed by atoms with Crippen molar-refractivity contribution in [2.75, 3.05) is 65.4 Å². The smallest absolute Gasteiger partial charge is 0.320 e. The predicted molar refractivity (Wildman–Crippen MR) is 102 cm³/mol. The molecule has 152 valence electrons. The Morgan fingerprint density at radius 2 is 0.962 bits per heavy atom. The molecule has 1 saturated heterocycles. The number of carboxylic acids is 2. The highest BCUT2D eigenvalue weighted by Gasteiger charge is 2.26. The molecule has 0 aromatic heterocycles. The summed E-state index contributed by atoms with van der Waals surface area (Å²) < 4.78 is 0. The van der Waals surface area contributed by atoms with Gasteiger partial charge in [0.2, 0.25) is 0 Å². The molecular formula is C18H36N4O4. The maximum absolute atomic E-state index is 11.5. The second kappa shape index (κ2) is 11.5. The molecule has 0 bridgehead atoms. The number of hydrogen-bond acceptors (Lipinski definition) is 6. The lowest BCUT2D eigenvalue weighted by molar-refractivity contribution is -0.145. The van der Waals surface area contributed by atoms with Gasteiger partial charge in [-0.15, -0.1) is 0 Å². The van der Waals surface area contributed by atoms with Crippen LogP contribution in [0.25, 0.3) is 0 Å². The Hall–Kier alpha value is -1.22. The van der Waals surface area contributed by atoms with E-state index in [1.54, 1.807) is 13.8 Å². The topological polar surface area (TPSA) is 87.6 Å². The third-order valence-corrected chi connectivity index (χ3v) is 5.52. The van der Waals surface area contributed by atoms with Gasteiger partial charge < -0.3 is 20.0 Å². The summed E-state index contributed by atoms with van der Waals surface area (Å²) in [6, 6.07) is -1.16. The third kappa shape index (κ3) is 7.19. The summed E-state index contributed by atoms with van der Waals surface area (Å²) in [7, 11) is 0. The summed E-state index contributed by atoms with van der Waals surface area (Å²) in [5.41, 5.74) is 0. The van der Waals surface area contributed by atoms with Crippen molar-refractivity contribution in [3.63, 3.8) is 0 Å². The van der Waals surface area contributed by atoms with Gasteiger partial charge in [-0.1, -0.05) is 13.8 Å². The maximum atomic E-state index is 11.5. The van der Waals surface area contributed by atoms with Crippen LogP contribution in [-0.2, 0) is 9.59 Å². The minimum atomic E-state index is -0.838. The van der Waals surface area contributed by atoms with Crippen molar-refractivity contribution in [1.29, 1.82) is 0 Å². The summed E-state index contributed by atoms with van der Waals surface area (Å²) in [5, 5.41) is 18.8. The number of carboxylic acid groups (broad SMARTS) is 2. The monoisotopic (exact) mass is 372 g/mol. The van der Waals surface area contributed by atoms with Crippen LogP contribution >= 0.6 is 0 Å². The SMILES string of the molecule is CCN1CCN(CC)CCN(C(C)C(=O)O)CCN(C(C)C(=O)O)CC1. The maximum Gasteiger partial charge on any atom is 0.320 e. The first-order valence-electron chi connectivity index (χ1n) is 9.68. The lowest BCUT2D eigenvalue weighted by atomic mass is 10.2. The molecule has 0 aromatic rings. The van der Waals surface area contributed by atoms with Crippen LogP contribution in [0.3, 0.4) is 0 Å². The molecule has 8 nitrogen and oxygen atoms in total. The molecule has 1 rings (SSSR count). The van der Waals surface area contributed by atoms with Gasteiger partial charge in [0.15, 0.2) is 0 Å². The zero-order chi connectivity index (χ0) is 19.7. The Morgan fingerprint density at radius 3 is 1.23 bits per heavy atom. The van der Waals surface area contributed by atoms with Gasteiger partial charge in [0.1, 0.15) is 12.1 Å². The van der Waals surface area contributed by atoms with E-state index in [9.17, 15) is 19.8 Å². The van der Waals surface area contributed by atoms with E-state index in [2.05, 4.69) is 23.6 Å². The number of aliphatic carboxylic acids is 2. The molecule has 26 heavy (non-hydrogen) atoms. The zero-order valence-corrected chi connectivity index (χ0v) is 16.7.